The van der Waals surface area contributed by atoms with E-state index >= 15 is 0 Å². The highest BCUT2D eigenvalue weighted by molar-refractivity contribution is 5.74. The van der Waals surface area contributed by atoms with Crippen molar-refractivity contribution in [2.24, 2.45) is 5.92 Å². The second kappa shape index (κ2) is 5.22. The molecule has 100 valence electrons. The van der Waals surface area contributed by atoms with Crippen LogP contribution in [0, 0.1) is 28.9 Å². The van der Waals surface area contributed by atoms with Crippen LogP contribution < -0.4 is 4.90 Å². The van der Waals surface area contributed by atoms with Gasteiger partial charge in [0.25, 0.3) is 0 Å². The van der Waals surface area contributed by atoms with Gasteiger partial charge in [0.2, 0.25) is 0 Å². The lowest BCUT2D eigenvalue weighted by Gasteiger charge is -2.19. The molecule has 1 aliphatic heterocycles. The number of methoxy groups -OCH3 is 1. The average Bonchev–Trinajstić information content (AvgIpc) is 2.90. The van der Waals surface area contributed by atoms with Crippen LogP contribution in [-0.2, 0) is 9.53 Å². The minimum absolute atomic E-state index is 0.0721. The Kier molecular flexibility index (Phi) is 3.65. The van der Waals surface area contributed by atoms with Crippen molar-refractivity contribution >= 4 is 11.7 Å². The molecule has 0 aromatic heterocycles. The number of anilines is 1. The molecule has 1 atom stereocenters. The Morgan fingerprint density at radius 2 is 2.21 bits per heavy atom. The van der Waals surface area contributed by atoms with Crippen molar-refractivity contribution in [1.82, 2.24) is 0 Å². The van der Waals surface area contributed by atoms with Gasteiger partial charge in [0.1, 0.15) is 6.07 Å². The molecule has 0 aliphatic carbocycles. The number of carbonyl (C=O) groups excluding carboxylic acids is 1. The third-order valence-corrected chi connectivity index (χ3v) is 3.25. The maximum atomic E-state index is 13.8. The van der Waals surface area contributed by atoms with Gasteiger partial charge in [-0.1, -0.05) is 0 Å². The summed E-state index contributed by atoms with van der Waals surface area (Å²) in [5, 5.41) is 8.61. The molecule has 1 unspecified atom stereocenters. The molecular weight excluding hydrogens is 254 g/mol. The summed E-state index contributed by atoms with van der Waals surface area (Å²) in [7, 11) is 1.30. The number of hydrogen-bond donors (Lipinski definition) is 0. The van der Waals surface area contributed by atoms with E-state index in [1.807, 2.05) is 0 Å². The number of carbonyl (C=O) groups is 1. The van der Waals surface area contributed by atoms with Crippen molar-refractivity contribution in [3.8, 4) is 6.07 Å². The molecule has 1 aliphatic rings. The lowest BCUT2D eigenvalue weighted by molar-refractivity contribution is -0.144. The Bertz CT molecular complexity index is 554. The molecule has 0 amide bonds. The number of hydrogen-bond acceptors (Lipinski definition) is 4. The SMILES string of the molecule is COC(=O)C1CCN(c2ccc(C#N)c(F)c2F)C1. The molecule has 19 heavy (non-hydrogen) atoms. The van der Waals surface area contributed by atoms with Crippen LogP contribution in [0.5, 0.6) is 0 Å². The fourth-order valence-corrected chi connectivity index (χ4v) is 2.21. The molecule has 0 saturated carbocycles. The van der Waals surface area contributed by atoms with Crippen LogP contribution in [0.15, 0.2) is 12.1 Å². The monoisotopic (exact) mass is 266 g/mol. The maximum Gasteiger partial charge on any atom is 0.310 e. The van der Waals surface area contributed by atoms with Gasteiger partial charge in [0, 0.05) is 13.1 Å². The number of ether oxygens (including phenoxy) is 1. The molecule has 1 aromatic carbocycles. The lowest BCUT2D eigenvalue weighted by Crippen LogP contribution is -2.24. The van der Waals surface area contributed by atoms with Gasteiger partial charge in [-0.15, -0.1) is 0 Å². The Balaban J connectivity index is 2.23. The predicted octanol–water partition coefficient (Wildman–Crippen LogP) is 1.84. The summed E-state index contributed by atoms with van der Waals surface area (Å²) >= 11 is 0. The van der Waals surface area contributed by atoms with Crippen molar-refractivity contribution in [2.45, 2.75) is 6.42 Å². The van der Waals surface area contributed by atoms with Crippen molar-refractivity contribution in [1.29, 1.82) is 5.26 Å². The Morgan fingerprint density at radius 3 is 2.84 bits per heavy atom. The van der Waals surface area contributed by atoms with E-state index in [-0.39, 0.29) is 29.7 Å². The van der Waals surface area contributed by atoms with Crippen molar-refractivity contribution in [3.05, 3.63) is 29.3 Å². The largest absolute Gasteiger partial charge is 0.469 e. The van der Waals surface area contributed by atoms with Crippen molar-refractivity contribution < 1.29 is 18.3 Å². The van der Waals surface area contributed by atoms with Crippen LogP contribution in [0.2, 0.25) is 0 Å². The van der Waals surface area contributed by atoms with Crippen LogP contribution in [0.1, 0.15) is 12.0 Å². The number of nitriles is 1. The minimum atomic E-state index is -1.15. The van der Waals surface area contributed by atoms with Crippen LogP contribution >= 0.6 is 0 Å². The van der Waals surface area contributed by atoms with Gasteiger partial charge < -0.3 is 9.64 Å². The summed E-state index contributed by atoms with van der Waals surface area (Å²) < 4.78 is 32.0. The summed E-state index contributed by atoms with van der Waals surface area (Å²) in [6.07, 6.45) is 0.535. The van der Waals surface area contributed by atoms with Gasteiger partial charge in [-0.05, 0) is 18.6 Å². The summed E-state index contributed by atoms with van der Waals surface area (Å²) in [6.45, 7) is 0.733. The summed E-state index contributed by atoms with van der Waals surface area (Å²) in [5.41, 5.74) is -0.257. The van der Waals surface area contributed by atoms with Gasteiger partial charge in [0.05, 0.1) is 24.3 Å². The third-order valence-electron chi connectivity index (χ3n) is 3.25. The normalized spacial score (nSPS) is 18.2. The Hall–Kier alpha value is -2.16. The van der Waals surface area contributed by atoms with E-state index in [1.54, 1.807) is 11.0 Å². The van der Waals surface area contributed by atoms with E-state index in [2.05, 4.69) is 4.74 Å². The zero-order chi connectivity index (χ0) is 14.0. The van der Waals surface area contributed by atoms with E-state index in [1.165, 1.54) is 19.2 Å². The van der Waals surface area contributed by atoms with Gasteiger partial charge >= 0.3 is 5.97 Å². The van der Waals surface area contributed by atoms with Crippen LogP contribution in [0.25, 0.3) is 0 Å². The zero-order valence-corrected chi connectivity index (χ0v) is 10.3. The third kappa shape index (κ3) is 2.36. The van der Waals surface area contributed by atoms with Gasteiger partial charge in [-0.2, -0.15) is 5.26 Å². The number of halogens is 2. The maximum absolute atomic E-state index is 13.8. The molecule has 0 spiro atoms. The van der Waals surface area contributed by atoms with Gasteiger partial charge in [-0.3, -0.25) is 4.79 Å². The topological polar surface area (TPSA) is 53.3 Å². The first-order valence-electron chi connectivity index (χ1n) is 5.79. The van der Waals surface area contributed by atoms with E-state index in [0.717, 1.165) is 0 Å². The molecular formula is C13H12F2N2O2. The van der Waals surface area contributed by atoms with Crippen LogP contribution in [-0.4, -0.2) is 26.2 Å². The number of rotatable bonds is 2. The lowest BCUT2D eigenvalue weighted by atomic mass is 10.1. The molecule has 0 bridgehead atoms. The fourth-order valence-electron chi connectivity index (χ4n) is 2.21. The molecule has 0 N–H and O–H groups in total. The number of nitrogens with zero attached hydrogens (tertiary/aromatic N) is 2. The molecule has 1 saturated heterocycles. The molecule has 6 heteroatoms. The van der Waals surface area contributed by atoms with Gasteiger partial charge in [0.15, 0.2) is 11.6 Å². The van der Waals surface area contributed by atoms with E-state index in [0.29, 0.717) is 13.0 Å². The van der Waals surface area contributed by atoms with Crippen molar-refractivity contribution in [3.63, 3.8) is 0 Å². The van der Waals surface area contributed by atoms with Crippen LogP contribution in [0.3, 0.4) is 0 Å². The second-order valence-corrected chi connectivity index (χ2v) is 4.33. The molecule has 4 nitrogen and oxygen atoms in total. The molecule has 0 radical (unpaired) electrons. The molecule has 1 heterocycles. The van der Waals surface area contributed by atoms with E-state index < -0.39 is 11.6 Å². The molecule has 2 rings (SSSR count). The highest BCUT2D eigenvalue weighted by atomic mass is 19.2. The standard InChI is InChI=1S/C13H12F2N2O2/c1-19-13(18)9-4-5-17(7-9)10-3-2-8(6-16)11(14)12(10)15/h2-3,9H,4-5,7H2,1H3. The first-order valence-corrected chi connectivity index (χ1v) is 5.79. The van der Waals surface area contributed by atoms with E-state index in [9.17, 15) is 13.6 Å². The highest BCUT2D eigenvalue weighted by Gasteiger charge is 2.31. The first kappa shape index (κ1) is 13.3. The Labute approximate surface area is 109 Å². The zero-order valence-electron chi connectivity index (χ0n) is 10.3. The second-order valence-electron chi connectivity index (χ2n) is 4.33. The fraction of sp³-hybridized carbons (Fsp3) is 0.385. The first-order chi connectivity index (χ1) is 9.08. The summed E-state index contributed by atoms with van der Waals surface area (Å²) in [4.78, 5) is 13.0. The highest BCUT2D eigenvalue weighted by Crippen LogP contribution is 2.29. The number of esters is 1. The predicted molar refractivity (Wildman–Crippen MR) is 63.4 cm³/mol. The van der Waals surface area contributed by atoms with Gasteiger partial charge in [-0.25, -0.2) is 8.78 Å². The average molecular weight is 266 g/mol. The smallest absolute Gasteiger partial charge is 0.310 e. The summed E-state index contributed by atoms with van der Waals surface area (Å²) in [6, 6.07) is 4.18. The molecule has 1 aromatic rings. The van der Waals surface area contributed by atoms with E-state index in [4.69, 9.17) is 5.26 Å². The minimum Gasteiger partial charge on any atom is -0.469 e. The Morgan fingerprint density at radius 1 is 1.47 bits per heavy atom. The van der Waals surface area contributed by atoms with Crippen LogP contribution in [0.4, 0.5) is 14.5 Å². The quantitative estimate of drug-likeness (QED) is 0.766. The summed E-state index contributed by atoms with van der Waals surface area (Å²) in [5.74, 6) is -2.88. The molecule has 1 fully saturated rings. The van der Waals surface area contributed by atoms with Crippen molar-refractivity contribution in [2.75, 3.05) is 25.1 Å². The number of benzene rings is 1.